The van der Waals surface area contributed by atoms with Gasteiger partial charge in [-0.3, -0.25) is 4.98 Å². The van der Waals surface area contributed by atoms with Crippen LogP contribution < -0.4 is 10.6 Å². The number of nitrogens with two attached hydrogens (primary N) is 1. The molecule has 1 saturated heterocycles. The highest BCUT2D eigenvalue weighted by molar-refractivity contribution is 5.95. The predicted octanol–water partition coefficient (Wildman–Crippen LogP) is 0.401. The smallest absolute Gasteiger partial charge is 0.188 e. The molecule has 17 heavy (non-hydrogen) atoms. The Morgan fingerprint density at radius 2 is 2.47 bits per heavy atom. The summed E-state index contributed by atoms with van der Waals surface area (Å²) in [5.74, 6) is 0.0200. The number of hydrogen-bond donors (Lipinski definition) is 2. The number of nitrogens with zero attached hydrogens (tertiary/aromatic N) is 3. The van der Waals surface area contributed by atoms with Crippen LogP contribution in [0, 0.1) is 0 Å². The molecule has 92 valence electrons. The average molecular weight is 236 g/mol. The third-order valence-electron chi connectivity index (χ3n) is 2.82. The maximum absolute atomic E-state index is 8.54. The summed E-state index contributed by atoms with van der Waals surface area (Å²) in [5.41, 5.74) is 6.95. The van der Waals surface area contributed by atoms with Crippen LogP contribution in [-0.2, 0) is 4.74 Å². The third-order valence-corrected chi connectivity index (χ3v) is 2.82. The maximum Gasteiger partial charge on any atom is 0.188 e. The van der Waals surface area contributed by atoms with Crippen molar-refractivity contribution in [3.63, 3.8) is 0 Å². The van der Waals surface area contributed by atoms with E-state index in [0.29, 0.717) is 11.7 Å². The van der Waals surface area contributed by atoms with Crippen molar-refractivity contribution in [2.24, 2.45) is 10.9 Å². The number of anilines is 1. The summed E-state index contributed by atoms with van der Waals surface area (Å²) in [7, 11) is 0. The number of amidine groups is 1. The Hall–Kier alpha value is -1.82. The molecule has 2 rings (SSSR count). The summed E-state index contributed by atoms with van der Waals surface area (Å²) in [6.07, 6.45) is 1.73. The van der Waals surface area contributed by atoms with Crippen molar-refractivity contribution in [2.45, 2.75) is 13.0 Å². The van der Waals surface area contributed by atoms with Crippen molar-refractivity contribution in [2.75, 3.05) is 24.7 Å². The van der Waals surface area contributed by atoms with E-state index >= 15 is 0 Å². The van der Waals surface area contributed by atoms with Gasteiger partial charge in [-0.15, -0.1) is 0 Å². The molecule has 1 fully saturated rings. The molecule has 0 aromatic carbocycles. The number of hydrogen-bond acceptors (Lipinski definition) is 5. The van der Waals surface area contributed by atoms with Crippen LogP contribution in [0.25, 0.3) is 0 Å². The molecule has 0 amide bonds. The van der Waals surface area contributed by atoms with Crippen LogP contribution in [0.3, 0.4) is 0 Å². The maximum atomic E-state index is 8.54. The zero-order chi connectivity index (χ0) is 12.3. The van der Waals surface area contributed by atoms with Crippen molar-refractivity contribution in [1.82, 2.24) is 4.98 Å². The van der Waals surface area contributed by atoms with Crippen LogP contribution >= 0.6 is 0 Å². The second-order valence-corrected chi connectivity index (χ2v) is 4.00. The van der Waals surface area contributed by atoms with E-state index in [1.807, 2.05) is 6.07 Å². The van der Waals surface area contributed by atoms with E-state index < -0.39 is 0 Å². The standard InChI is InChI=1S/C11H16N4O2/c1-8-7-17-5-4-15(8)9-2-3-10(13-6-9)11(12)14-16/h2-3,6,8,16H,4-5,7H2,1H3,(H2,12,14). The Morgan fingerprint density at radius 1 is 1.65 bits per heavy atom. The summed E-state index contributed by atoms with van der Waals surface area (Å²) in [6, 6.07) is 4.00. The SMILES string of the molecule is CC1COCCN1c1ccc(/C(N)=N/O)nc1. The number of aromatic nitrogens is 1. The summed E-state index contributed by atoms with van der Waals surface area (Å²) < 4.78 is 5.38. The van der Waals surface area contributed by atoms with Gasteiger partial charge in [-0.2, -0.15) is 0 Å². The first-order chi connectivity index (χ1) is 8.22. The van der Waals surface area contributed by atoms with Crippen molar-refractivity contribution in [3.05, 3.63) is 24.0 Å². The van der Waals surface area contributed by atoms with E-state index in [2.05, 4.69) is 22.0 Å². The molecule has 0 radical (unpaired) electrons. The van der Waals surface area contributed by atoms with Crippen LogP contribution in [-0.4, -0.2) is 41.8 Å². The highest BCUT2D eigenvalue weighted by Gasteiger charge is 2.19. The average Bonchev–Trinajstić information content (AvgIpc) is 2.39. The van der Waals surface area contributed by atoms with Gasteiger partial charge in [0.25, 0.3) is 0 Å². The molecule has 0 saturated carbocycles. The summed E-state index contributed by atoms with van der Waals surface area (Å²) >= 11 is 0. The molecule has 1 atom stereocenters. The Balaban J connectivity index is 2.17. The van der Waals surface area contributed by atoms with E-state index in [1.165, 1.54) is 0 Å². The Bertz CT molecular complexity index is 404. The lowest BCUT2D eigenvalue weighted by Gasteiger charge is -2.34. The minimum absolute atomic E-state index is 0.0200. The fourth-order valence-corrected chi connectivity index (χ4v) is 1.87. The minimum atomic E-state index is 0.0200. The first-order valence-corrected chi connectivity index (χ1v) is 5.50. The second-order valence-electron chi connectivity index (χ2n) is 4.00. The van der Waals surface area contributed by atoms with Crippen LogP contribution in [0.4, 0.5) is 5.69 Å². The lowest BCUT2D eigenvalue weighted by Crippen LogP contribution is -2.43. The molecule has 1 aliphatic rings. The molecule has 6 nitrogen and oxygen atoms in total. The van der Waals surface area contributed by atoms with Gasteiger partial charge in [0.05, 0.1) is 25.1 Å². The van der Waals surface area contributed by atoms with Crippen LogP contribution in [0.2, 0.25) is 0 Å². The van der Waals surface area contributed by atoms with Crippen LogP contribution in [0.15, 0.2) is 23.5 Å². The molecule has 0 aliphatic carbocycles. The number of oxime groups is 1. The lowest BCUT2D eigenvalue weighted by atomic mass is 10.2. The first kappa shape index (κ1) is 11.7. The number of morpholine rings is 1. The summed E-state index contributed by atoms with van der Waals surface area (Å²) in [5, 5.41) is 11.5. The molecule has 0 spiro atoms. The predicted molar refractivity (Wildman–Crippen MR) is 64.4 cm³/mol. The van der Waals surface area contributed by atoms with Gasteiger partial charge in [0, 0.05) is 12.6 Å². The number of ether oxygens (including phenoxy) is 1. The van der Waals surface area contributed by atoms with Crippen molar-refractivity contribution >= 4 is 11.5 Å². The molecule has 1 aromatic rings. The fraction of sp³-hybridized carbons (Fsp3) is 0.455. The fourth-order valence-electron chi connectivity index (χ4n) is 1.87. The normalized spacial score (nSPS) is 21.6. The quantitative estimate of drug-likeness (QED) is 0.336. The Morgan fingerprint density at radius 3 is 3.06 bits per heavy atom. The number of pyridine rings is 1. The highest BCUT2D eigenvalue weighted by atomic mass is 16.5. The Labute approximate surface area is 99.7 Å². The van der Waals surface area contributed by atoms with E-state index in [1.54, 1.807) is 12.3 Å². The van der Waals surface area contributed by atoms with Gasteiger partial charge >= 0.3 is 0 Å². The van der Waals surface area contributed by atoms with Crippen molar-refractivity contribution in [3.8, 4) is 0 Å². The zero-order valence-electron chi connectivity index (χ0n) is 9.71. The van der Waals surface area contributed by atoms with Crippen molar-refractivity contribution in [1.29, 1.82) is 0 Å². The molecule has 1 aliphatic heterocycles. The van der Waals surface area contributed by atoms with E-state index in [0.717, 1.165) is 25.4 Å². The molecule has 6 heteroatoms. The van der Waals surface area contributed by atoms with Gasteiger partial charge in [-0.1, -0.05) is 5.16 Å². The Kier molecular flexibility index (Phi) is 3.43. The highest BCUT2D eigenvalue weighted by Crippen LogP contribution is 2.18. The second kappa shape index (κ2) is 5.01. The molecular weight excluding hydrogens is 220 g/mol. The van der Waals surface area contributed by atoms with Gasteiger partial charge in [-0.05, 0) is 19.1 Å². The van der Waals surface area contributed by atoms with E-state index in [9.17, 15) is 0 Å². The van der Waals surface area contributed by atoms with Crippen LogP contribution in [0.5, 0.6) is 0 Å². The van der Waals surface area contributed by atoms with Gasteiger partial charge < -0.3 is 20.6 Å². The first-order valence-electron chi connectivity index (χ1n) is 5.50. The van der Waals surface area contributed by atoms with Crippen molar-refractivity contribution < 1.29 is 9.94 Å². The molecule has 0 bridgehead atoms. The largest absolute Gasteiger partial charge is 0.409 e. The molecule has 2 heterocycles. The van der Waals surface area contributed by atoms with Crippen LogP contribution in [0.1, 0.15) is 12.6 Å². The summed E-state index contributed by atoms with van der Waals surface area (Å²) in [4.78, 5) is 6.39. The third kappa shape index (κ3) is 2.47. The monoisotopic (exact) mass is 236 g/mol. The summed E-state index contributed by atoms with van der Waals surface area (Å²) in [6.45, 7) is 4.41. The molecular formula is C11H16N4O2. The molecule has 3 N–H and O–H groups in total. The van der Waals surface area contributed by atoms with Gasteiger partial charge in [-0.25, -0.2) is 0 Å². The number of rotatable bonds is 2. The lowest BCUT2D eigenvalue weighted by molar-refractivity contribution is 0.0989. The van der Waals surface area contributed by atoms with Gasteiger partial charge in [0.1, 0.15) is 5.69 Å². The molecule has 1 unspecified atom stereocenters. The zero-order valence-corrected chi connectivity index (χ0v) is 9.71. The van der Waals surface area contributed by atoms with E-state index in [4.69, 9.17) is 15.7 Å². The topological polar surface area (TPSA) is 84.0 Å². The van der Waals surface area contributed by atoms with E-state index in [-0.39, 0.29) is 5.84 Å². The van der Waals surface area contributed by atoms with Gasteiger partial charge in [0.2, 0.25) is 0 Å². The van der Waals surface area contributed by atoms with Gasteiger partial charge in [0.15, 0.2) is 5.84 Å². The molecule has 1 aromatic heterocycles. The minimum Gasteiger partial charge on any atom is -0.409 e.